The number of rotatable bonds is 6. The third-order valence-corrected chi connectivity index (χ3v) is 5.42. The molecule has 0 bridgehead atoms. The Hall–Kier alpha value is -2.87. The molecule has 13 heteroatoms. The van der Waals surface area contributed by atoms with Crippen LogP contribution in [-0.2, 0) is 20.2 Å². The van der Waals surface area contributed by atoms with E-state index in [2.05, 4.69) is 4.74 Å². The summed E-state index contributed by atoms with van der Waals surface area (Å²) < 4.78 is 74.9. The first-order chi connectivity index (χ1) is 12.8. The number of methoxy groups -OCH3 is 2. The van der Waals surface area contributed by atoms with Gasteiger partial charge in [0.25, 0.3) is 10.1 Å². The van der Waals surface area contributed by atoms with E-state index in [0.717, 1.165) is 19.2 Å². The number of benzene rings is 2. The van der Waals surface area contributed by atoms with Gasteiger partial charge in [0, 0.05) is 5.56 Å². The first-order valence-electron chi connectivity index (χ1n) is 7.14. The number of carbonyl (C=O) groups excluding carboxylic acids is 1. The van der Waals surface area contributed by atoms with E-state index in [9.17, 15) is 40.9 Å². The maximum absolute atomic E-state index is 12.8. The average molecular weight is 434 g/mol. The summed E-state index contributed by atoms with van der Waals surface area (Å²) in [5.41, 5.74) is -1.54. The van der Waals surface area contributed by atoms with Gasteiger partial charge in [-0.3, -0.25) is 13.9 Å². The van der Waals surface area contributed by atoms with Crippen molar-refractivity contribution in [3.63, 3.8) is 0 Å². The monoisotopic (exact) mass is 434 g/mol. The van der Waals surface area contributed by atoms with Crippen LogP contribution < -0.4 is 9.47 Å². The molecule has 11 nitrogen and oxygen atoms in total. The Morgan fingerprint density at radius 2 is 1.32 bits per heavy atom. The van der Waals surface area contributed by atoms with E-state index in [1.165, 1.54) is 19.2 Å². The highest BCUT2D eigenvalue weighted by Gasteiger charge is 2.38. The van der Waals surface area contributed by atoms with Gasteiger partial charge in [-0.15, -0.1) is 0 Å². The number of carbonyl (C=O) groups is 1. The standard InChI is InChI=1S/C15H14O11S2/c1-25-8-5-3-7(4-6-8)10(16)9-11(17)15(28(22,23)24)13(26-2)12(18)14(9)27(19,20)21/h3-6,17-18H,1-2H3,(H,19,20,21)(H,22,23,24). The topological polar surface area (TPSA) is 185 Å². The van der Waals surface area contributed by atoms with Gasteiger partial charge in [0.1, 0.15) is 5.75 Å². The van der Waals surface area contributed by atoms with Gasteiger partial charge in [0.2, 0.25) is 0 Å². The summed E-state index contributed by atoms with van der Waals surface area (Å²) in [6.07, 6.45) is 0. The highest BCUT2D eigenvalue weighted by molar-refractivity contribution is 7.86. The van der Waals surface area contributed by atoms with Crippen molar-refractivity contribution in [2.75, 3.05) is 14.2 Å². The minimum absolute atomic E-state index is 0.258. The van der Waals surface area contributed by atoms with Crippen LogP contribution in [0.2, 0.25) is 0 Å². The van der Waals surface area contributed by atoms with Crippen LogP contribution in [0.1, 0.15) is 15.9 Å². The molecule has 0 unspecified atom stereocenters. The lowest BCUT2D eigenvalue weighted by Gasteiger charge is -2.17. The second-order valence-electron chi connectivity index (χ2n) is 5.27. The van der Waals surface area contributed by atoms with E-state index in [1.54, 1.807) is 0 Å². The molecule has 0 aliphatic rings. The number of ketones is 1. The van der Waals surface area contributed by atoms with Crippen LogP contribution in [0, 0.1) is 0 Å². The van der Waals surface area contributed by atoms with Gasteiger partial charge in [0.05, 0.1) is 19.8 Å². The van der Waals surface area contributed by atoms with Crippen molar-refractivity contribution in [2.24, 2.45) is 0 Å². The number of aromatic hydroxyl groups is 2. The number of phenols is 2. The molecule has 0 saturated carbocycles. The maximum Gasteiger partial charge on any atom is 0.302 e. The van der Waals surface area contributed by atoms with Gasteiger partial charge in [-0.1, -0.05) is 0 Å². The van der Waals surface area contributed by atoms with E-state index in [1.807, 2.05) is 0 Å². The van der Waals surface area contributed by atoms with Gasteiger partial charge in [0.15, 0.2) is 32.8 Å². The fraction of sp³-hybridized carbons (Fsp3) is 0.133. The van der Waals surface area contributed by atoms with E-state index in [-0.39, 0.29) is 5.56 Å². The molecule has 0 aliphatic carbocycles. The lowest BCUT2D eigenvalue weighted by Crippen LogP contribution is -2.14. The van der Waals surface area contributed by atoms with Gasteiger partial charge < -0.3 is 19.7 Å². The molecule has 0 radical (unpaired) electrons. The molecular weight excluding hydrogens is 420 g/mol. The summed E-state index contributed by atoms with van der Waals surface area (Å²) in [5.74, 6) is -5.17. The molecule has 0 fully saturated rings. The number of hydrogen-bond donors (Lipinski definition) is 4. The van der Waals surface area contributed by atoms with Gasteiger partial charge in [-0.05, 0) is 24.3 Å². The van der Waals surface area contributed by atoms with Crippen LogP contribution in [-0.4, -0.2) is 56.2 Å². The highest BCUT2D eigenvalue weighted by Crippen LogP contribution is 2.48. The van der Waals surface area contributed by atoms with Crippen molar-refractivity contribution in [3.8, 4) is 23.0 Å². The molecule has 0 aliphatic heterocycles. The first kappa shape index (κ1) is 21.4. The van der Waals surface area contributed by atoms with Crippen LogP contribution in [0.15, 0.2) is 34.1 Å². The molecule has 0 amide bonds. The summed E-state index contributed by atoms with van der Waals surface area (Å²) in [6, 6.07) is 4.93. The van der Waals surface area contributed by atoms with Crippen LogP contribution in [0.25, 0.3) is 0 Å². The summed E-state index contributed by atoms with van der Waals surface area (Å²) in [7, 11) is -8.51. The first-order valence-corrected chi connectivity index (χ1v) is 10.0. The van der Waals surface area contributed by atoms with Crippen LogP contribution >= 0.6 is 0 Å². The minimum atomic E-state index is -5.36. The molecule has 0 spiro atoms. The zero-order valence-corrected chi connectivity index (χ0v) is 15.9. The predicted molar refractivity (Wildman–Crippen MR) is 92.4 cm³/mol. The third kappa shape index (κ3) is 3.73. The average Bonchev–Trinajstić information content (AvgIpc) is 2.60. The van der Waals surface area contributed by atoms with Crippen LogP contribution in [0.4, 0.5) is 0 Å². The van der Waals surface area contributed by atoms with Crippen molar-refractivity contribution >= 4 is 26.0 Å². The molecular formula is C15H14O11S2. The molecule has 2 aromatic carbocycles. The number of ether oxygens (including phenoxy) is 2. The summed E-state index contributed by atoms with van der Waals surface area (Å²) in [6.45, 7) is 0. The lowest BCUT2D eigenvalue weighted by molar-refractivity contribution is 0.103. The van der Waals surface area contributed by atoms with E-state index >= 15 is 0 Å². The SMILES string of the molecule is COc1ccc(C(=O)c2c(O)c(S(=O)(=O)O)c(OC)c(O)c2S(=O)(=O)O)cc1. The Balaban J connectivity index is 2.99. The molecule has 28 heavy (non-hydrogen) atoms. The summed E-state index contributed by atoms with van der Waals surface area (Å²) >= 11 is 0. The van der Waals surface area contributed by atoms with Gasteiger partial charge in [-0.2, -0.15) is 16.8 Å². The zero-order valence-electron chi connectivity index (χ0n) is 14.3. The van der Waals surface area contributed by atoms with E-state index in [0.29, 0.717) is 5.75 Å². The molecule has 152 valence electrons. The largest absolute Gasteiger partial charge is 0.506 e. The molecule has 0 aromatic heterocycles. The molecule has 4 N–H and O–H groups in total. The Labute approximate surface area is 159 Å². The van der Waals surface area contributed by atoms with Crippen molar-refractivity contribution in [1.82, 2.24) is 0 Å². The molecule has 2 rings (SSSR count). The van der Waals surface area contributed by atoms with Gasteiger partial charge in [-0.25, -0.2) is 0 Å². The summed E-state index contributed by atoms with van der Waals surface area (Å²) in [5, 5.41) is 20.4. The second-order valence-corrected chi connectivity index (χ2v) is 7.99. The number of phenolic OH excluding ortho intramolecular Hbond substituents is 2. The second kappa shape index (κ2) is 7.27. The summed E-state index contributed by atoms with van der Waals surface area (Å²) in [4.78, 5) is 9.82. The fourth-order valence-electron chi connectivity index (χ4n) is 2.43. The highest BCUT2D eigenvalue weighted by atomic mass is 32.2. The quantitative estimate of drug-likeness (QED) is 0.287. The normalized spacial score (nSPS) is 11.9. The number of hydrogen-bond acceptors (Lipinski definition) is 9. The van der Waals surface area contributed by atoms with E-state index in [4.69, 9.17) is 4.74 Å². The molecule has 0 saturated heterocycles. The predicted octanol–water partition coefficient (Wildman–Crippen LogP) is 0.839. The fourth-order valence-corrected chi connectivity index (χ4v) is 3.98. The third-order valence-electron chi connectivity index (χ3n) is 3.61. The van der Waals surface area contributed by atoms with Crippen molar-refractivity contribution in [2.45, 2.75) is 9.79 Å². The Morgan fingerprint density at radius 1 is 0.821 bits per heavy atom. The van der Waals surface area contributed by atoms with Crippen molar-refractivity contribution < 1.29 is 50.4 Å². The molecule has 0 heterocycles. The van der Waals surface area contributed by atoms with Crippen LogP contribution in [0.3, 0.4) is 0 Å². The Morgan fingerprint density at radius 3 is 1.71 bits per heavy atom. The van der Waals surface area contributed by atoms with Crippen molar-refractivity contribution in [3.05, 3.63) is 35.4 Å². The molecule has 0 atom stereocenters. The van der Waals surface area contributed by atoms with Crippen LogP contribution in [0.5, 0.6) is 23.0 Å². The zero-order chi connectivity index (χ0) is 21.4. The van der Waals surface area contributed by atoms with Crippen molar-refractivity contribution in [1.29, 1.82) is 0 Å². The minimum Gasteiger partial charge on any atom is -0.506 e. The van der Waals surface area contributed by atoms with E-state index < -0.39 is 58.6 Å². The smallest absolute Gasteiger partial charge is 0.302 e. The lowest BCUT2D eigenvalue weighted by atomic mass is 10.0. The molecule has 2 aromatic rings. The Bertz CT molecular complexity index is 1150. The van der Waals surface area contributed by atoms with Gasteiger partial charge >= 0.3 is 10.1 Å². The Kier molecular flexibility index (Phi) is 5.57. The maximum atomic E-state index is 12.8.